The lowest BCUT2D eigenvalue weighted by Gasteiger charge is -2.07. The molecule has 0 spiro atoms. The maximum absolute atomic E-state index is 12.6. The van der Waals surface area contributed by atoms with Gasteiger partial charge in [-0.3, -0.25) is 4.79 Å². The van der Waals surface area contributed by atoms with E-state index < -0.39 is 0 Å². The summed E-state index contributed by atoms with van der Waals surface area (Å²) in [5.41, 5.74) is 3.41. The summed E-state index contributed by atoms with van der Waals surface area (Å²) in [4.78, 5) is 12.6. The predicted octanol–water partition coefficient (Wildman–Crippen LogP) is 4.99. The number of aromatic nitrogens is 1. The molecule has 2 atom stereocenters. The summed E-state index contributed by atoms with van der Waals surface area (Å²) < 4.78 is 13.5. The van der Waals surface area contributed by atoms with E-state index in [1.54, 1.807) is 0 Å². The van der Waals surface area contributed by atoms with Crippen LogP contribution in [0.25, 0.3) is 0 Å². The molecule has 1 saturated carbocycles. The molecule has 0 bridgehead atoms. The Bertz CT molecular complexity index is 973. The van der Waals surface area contributed by atoms with Crippen LogP contribution in [0.3, 0.4) is 0 Å². The van der Waals surface area contributed by atoms with Crippen LogP contribution in [0.5, 0.6) is 5.75 Å². The summed E-state index contributed by atoms with van der Waals surface area (Å²) in [7, 11) is 0. The number of nitrogens with zero attached hydrogens (tertiary/aromatic N) is 1. The fourth-order valence-electron chi connectivity index (χ4n) is 3.74. The molecule has 1 aliphatic rings. The van der Waals surface area contributed by atoms with Crippen molar-refractivity contribution in [2.75, 3.05) is 0 Å². The van der Waals surface area contributed by atoms with Crippen LogP contribution in [0.1, 0.15) is 30.5 Å². The van der Waals surface area contributed by atoms with Crippen molar-refractivity contribution in [2.45, 2.75) is 40.0 Å². The number of carbonyl (C=O) groups is 1. The van der Waals surface area contributed by atoms with Crippen molar-refractivity contribution in [3.8, 4) is 5.75 Å². The second-order valence-electron chi connectivity index (χ2n) is 8.44. The number of benzene rings is 2. The Morgan fingerprint density at radius 1 is 1.00 bits per heavy atom. The Labute approximate surface area is 172 Å². The van der Waals surface area contributed by atoms with Gasteiger partial charge >= 0.3 is 5.97 Å². The van der Waals surface area contributed by atoms with E-state index in [9.17, 15) is 4.79 Å². The average molecular weight is 389 g/mol. The van der Waals surface area contributed by atoms with Crippen molar-refractivity contribution < 1.29 is 14.3 Å². The van der Waals surface area contributed by atoms with E-state index >= 15 is 0 Å². The van der Waals surface area contributed by atoms with Crippen molar-refractivity contribution in [1.82, 2.24) is 4.57 Å². The number of rotatable bonds is 7. The molecule has 0 amide bonds. The Hall–Kier alpha value is -3.01. The summed E-state index contributed by atoms with van der Waals surface area (Å²) in [6.45, 7) is 6.35. The monoisotopic (exact) mass is 389 g/mol. The van der Waals surface area contributed by atoms with Crippen molar-refractivity contribution in [3.63, 3.8) is 0 Å². The molecule has 4 nitrogen and oxygen atoms in total. The molecule has 0 N–H and O–H groups in total. The Morgan fingerprint density at radius 2 is 1.72 bits per heavy atom. The minimum absolute atomic E-state index is 0.156. The first kappa shape index (κ1) is 19.3. The lowest BCUT2D eigenvalue weighted by atomic mass is 10.1. The standard InChI is InChI=1S/C25H27NO3/c1-18-9-11-21(12-10-18)29-23-22(25(23,2)3)24(27)28-17-26-14-13-20(16-26)15-19-7-5-4-6-8-19/h4-14,16,22-23H,15,17H2,1-3H3. The van der Waals surface area contributed by atoms with Gasteiger partial charge in [-0.05, 0) is 42.7 Å². The number of hydrogen-bond donors (Lipinski definition) is 0. The van der Waals surface area contributed by atoms with Gasteiger partial charge in [-0.1, -0.05) is 61.9 Å². The summed E-state index contributed by atoms with van der Waals surface area (Å²) in [5.74, 6) is 0.341. The van der Waals surface area contributed by atoms with E-state index in [4.69, 9.17) is 9.47 Å². The van der Waals surface area contributed by atoms with Crippen molar-refractivity contribution in [2.24, 2.45) is 11.3 Å². The average Bonchev–Trinajstić information content (AvgIpc) is 3.01. The normalized spacial score (nSPS) is 19.6. The molecular formula is C25H27NO3. The molecular weight excluding hydrogens is 362 g/mol. The maximum atomic E-state index is 12.6. The molecule has 1 aromatic heterocycles. The molecule has 1 fully saturated rings. The third-order valence-corrected chi connectivity index (χ3v) is 5.69. The van der Waals surface area contributed by atoms with Gasteiger partial charge in [-0.15, -0.1) is 0 Å². The molecule has 1 heterocycles. The highest BCUT2D eigenvalue weighted by atomic mass is 16.6. The van der Waals surface area contributed by atoms with E-state index in [1.807, 2.05) is 80.2 Å². The van der Waals surface area contributed by atoms with Gasteiger partial charge in [0.1, 0.15) is 17.8 Å². The quantitative estimate of drug-likeness (QED) is 0.535. The molecule has 150 valence electrons. The van der Waals surface area contributed by atoms with Crippen LogP contribution in [0.2, 0.25) is 0 Å². The highest BCUT2D eigenvalue weighted by molar-refractivity contribution is 5.78. The van der Waals surface area contributed by atoms with Gasteiger partial charge in [-0.2, -0.15) is 0 Å². The zero-order chi connectivity index (χ0) is 20.4. The van der Waals surface area contributed by atoms with Crippen LogP contribution in [0, 0.1) is 18.3 Å². The van der Waals surface area contributed by atoms with Crippen molar-refractivity contribution in [1.29, 1.82) is 0 Å². The molecule has 0 saturated heterocycles. The molecule has 4 rings (SSSR count). The van der Waals surface area contributed by atoms with Gasteiger partial charge in [-0.25, -0.2) is 0 Å². The fourth-order valence-corrected chi connectivity index (χ4v) is 3.74. The van der Waals surface area contributed by atoms with Gasteiger partial charge in [0.05, 0.1) is 0 Å². The first-order chi connectivity index (χ1) is 13.9. The van der Waals surface area contributed by atoms with Gasteiger partial charge in [0.15, 0.2) is 6.73 Å². The summed E-state index contributed by atoms with van der Waals surface area (Å²) >= 11 is 0. The molecule has 3 aromatic rings. The smallest absolute Gasteiger partial charge is 0.315 e. The van der Waals surface area contributed by atoms with Crippen molar-refractivity contribution in [3.05, 3.63) is 89.7 Å². The van der Waals surface area contributed by atoms with E-state index in [2.05, 4.69) is 18.2 Å². The Morgan fingerprint density at radius 3 is 2.45 bits per heavy atom. The van der Waals surface area contributed by atoms with E-state index in [1.165, 1.54) is 16.7 Å². The fraction of sp³-hybridized carbons (Fsp3) is 0.320. The lowest BCUT2D eigenvalue weighted by Crippen LogP contribution is -2.14. The van der Waals surface area contributed by atoms with E-state index in [0.717, 1.165) is 12.2 Å². The lowest BCUT2D eigenvalue weighted by molar-refractivity contribution is -0.150. The first-order valence-electron chi connectivity index (χ1n) is 10.0. The van der Waals surface area contributed by atoms with Crippen LogP contribution in [0.15, 0.2) is 73.1 Å². The van der Waals surface area contributed by atoms with E-state index in [0.29, 0.717) is 0 Å². The second kappa shape index (κ2) is 7.78. The SMILES string of the molecule is Cc1ccc(OC2C(C(=O)OCn3ccc(Cc4ccccc4)c3)C2(C)C)cc1. The molecule has 29 heavy (non-hydrogen) atoms. The first-order valence-corrected chi connectivity index (χ1v) is 10.0. The van der Waals surface area contributed by atoms with E-state index in [-0.39, 0.29) is 30.1 Å². The van der Waals surface area contributed by atoms with Crippen LogP contribution in [0.4, 0.5) is 0 Å². The van der Waals surface area contributed by atoms with Gasteiger partial charge < -0.3 is 14.0 Å². The molecule has 2 aromatic carbocycles. The Balaban J connectivity index is 1.31. The maximum Gasteiger partial charge on any atom is 0.315 e. The topological polar surface area (TPSA) is 40.5 Å². The molecule has 1 aliphatic carbocycles. The van der Waals surface area contributed by atoms with Gasteiger partial charge in [0, 0.05) is 17.8 Å². The van der Waals surface area contributed by atoms with Crippen LogP contribution in [-0.4, -0.2) is 16.6 Å². The molecule has 0 aliphatic heterocycles. The van der Waals surface area contributed by atoms with Gasteiger partial charge in [0.25, 0.3) is 0 Å². The number of carbonyl (C=O) groups excluding carboxylic acids is 1. The third-order valence-electron chi connectivity index (χ3n) is 5.69. The highest BCUT2D eigenvalue weighted by Crippen LogP contribution is 2.54. The largest absolute Gasteiger partial charge is 0.489 e. The summed E-state index contributed by atoms with van der Waals surface area (Å²) in [6, 6.07) is 20.3. The molecule has 2 unspecified atom stereocenters. The van der Waals surface area contributed by atoms with Crippen LogP contribution < -0.4 is 4.74 Å². The van der Waals surface area contributed by atoms with Crippen LogP contribution in [-0.2, 0) is 22.7 Å². The summed E-state index contributed by atoms with van der Waals surface area (Å²) in [6.07, 6.45) is 4.68. The molecule has 0 radical (unpaired) electrons. The Kier molecular flexibility index (Phi) is 5.18. The minimum Gasteiger partial charge on any atom is -0.489 e. The summed E-state index contributed by atoms with van der Waals surface area (Å²) in [5, 5.41) is 0. The minimum atomic E-state index is -0.247. The number of ether oxygens (including phenoxy) is 2. The van der Waals surface area contributed by atoms with Crippen molar-refractivity contribution >= 4 is 5.97 Å². The number of aryl methyl sites for hydroxylation is 1. The third kappa shape index (κ3) is 4.37. The number of hydrogen-bond acceptors (Lipinski definition) is 3. The zero-order valence-electron chi connectivity index (χ0n) is 17.2. The van der Waals surface area contributed by atoms with Gasteiger partial charge in [0.2, 0.25) is 0 Å². The second-order valence-corrected chi connectivity index (χ2v) is 8.44. The zero-order valence-corrected chi connectivity index (χ0v) is 17.2. The highest BCUT2D eigenvalue weighted by Gasteiger charge is 2.65. The molecule has 4 heteroatoms. The van der Waals surface area contributed by atoms with Crippen LogP contribution >= 0.6 is 0 Å². The predicted molar refractivity (Wildman–Crippen MR) is 113 cm³/mol. The number of esters is 1.